The van der Waals surface area contributed by atoms with Gasteiger partial charge in [0.2, 0.25) is 0 Å². The fraction of sp³-hybridized carbons (Fsp3) is 0.545. The number of hydrogen-bond donors (Lipinski definition) is 0. The van der Waals surface area contributed by atoms with Crippen LogP contribution in [0.5, 0.6) is 0 Å². The average Bonchev–Trinajstić information content (AvgIpc) is 2.68. The molecule has 154 valence electrons. The molecule has 0 amide bonds. The minimum atomic E-state index is 0.127. The first-order valence-corrected chi connectivity index (χ1v) is 13.3. The Labute approximate surface area is 174 Å². The van der Waals surface area contributed by atoms with E-state index in [1.165, 1.54) is 25.7 Å². The van der Waals surface area contributed by atoms with E-state index in [4.69, 9.17) is 9.05 Å². The molecule has 27 heavy (non-hydrogen) atoms. The lowest BCUT2D eigenvalue weighted by Gasteiger charge is -2.09. The Morgan fingerprint density at radius 2 is 1.56 bits per heavy atom. The first kappa shape index (κ1) is 26.9. The Balaban J connectivity index is 4.23. The highest BCUT2D eigenvalue weighted by atomic mass is 32.0. The van der Waals surface area contributed by atoms with Crippen LogP contribution in [0.1, 0.15) is 65.2 Å². The van der Waals surface area contributed by atoms with E-state index in [2.05, 4.69) is 80.9 Å². The van der Waals surface area contributed by atoms with Crippen LogP contribution >= 0.6 is 26.9 Å². The zero-order valence-corrected chi connectivity index (χ0v) is 20.4. The monoisotopic (exact) mass is 428 g/mol. The first-order chi connectivity index (χ1) is 13.3. The van der Waals surface area contributed by atoms with Crippen LogP contribution in [0.15, 0.2) is 60.8 Å². The Hall–Kier alpha value is -0.0900. The molecule has 0 aliphatic heterocycles. The molecule has 0 heterocycles. The zero-order chi connectivity index (χ0) is 20.0. The second kappa shape index (κ2) is 22.2. The summed E-state index contributed by atoms with van der Waals surface area (Å²) in [6, 6.07) is 0. The Bertz CT molecular complexity index is 456. The van der Waals surface area contributed by atoms with Gasteiger partial charge < -0.3 is 9.05 Å². The molecule has 0 spiro atoms. The topological polar surface area (TPSA) is 18.5 Å². The first-order valence-electron chi connectivity index (χ1n) is 10.1. The summed E-state index contributed by atoms with van der Waals surface area (Å²) in [4.78, 5) is 0. The third-order valence-electron chi connectivity index (χ3n) is 3.93. The van der Waals surface area contributed by atoms with Crippen molar-refractivity contribution in [2.24, 2.45) is 0 Å². The van der Waals surface area contributed by atoms with Crippen molar-refractivity contribution in [1.82, 2.24) is 0 Å². The van der Waals surface area contributed by atoms with Gasteiger partial charge in [0.25, 0.3) is 0 Å². The lowest BCUT2D eigenvalue weighted by molar-refractivity contribution is 0.274. The highest BCUT2D eigenvalue weighted by molar-refractivity contribution is 8.00. The molecule has 0 radical (unpaired) electrons. The standard InChI is InChI=1S/C22H39O2P3/c1-3-5-7-9-10-15-19-22(24-27-26)20-16-12-11-14-18-21(23-25)17-13-8-6-4-2/h5,7,10-12,14-16,18,20-22,27H,3-4,6,8-9,13,17,19,25-26H2,1-2H3/b7-5-,12-11+,15-10-,18-14+,20-16-. The van der Waals surface area contributed by atoms with E-state index in [0.717, 1.165) is 25.7 Å². The molecule has 0 bridgehead atoms. The van der Waals surface area contributed by atoms with Crippen molar-refractivity contribution in [1.29, 1.82) is 0 Å². The highest BCUT2D eigenvalue weighted by Crippen LogP contribution is 2.25. The van der Waals surface area contributed by atoms with Crippen LogP contribution in [0.2, 0.25) is 0 Å². The Morgan fingerprint density at radius 1 is 0.852 bits per heavy atom. The molecule has 0 aliphatic rings. The van der Waals surface area contributed by atoms with Gasteiger partial charge in [-0.05, 0) is 25.7 Å². The van der Waals surface area contributed by atoms with Crippen LogP contribution in [0.4, 0.5) is 0 Å². The van der Waals surface area contributed by atoms with Crippen molar-refractivity contribution in [3.05, 3.63) is 60.8 Å². The van der Waals surface area contributed by atoms with E-state index in [0.29, 0.717) is 8.50 Å². The van der Waals surface area contributed by atoms with Gasteiger partial charge in [-0.25, -0.2) is 0 Å². The van der Waals surface area contributed by atoms with Gasteiger partial charge in [-0.15, -0.1) is 0 Å². The number of hydrogen-bond acceptors (Lipinski definition) is 2. The van der Waals surface area contributed by atoms with E-state index in [1.807, 2.05) is 12.2 Å². The van der Waals surface area contributed by atoms with Crippen molar-refractivity contribution in [2.75, 3.05) is 0 Å². The summed E-state index contributed by atoms with van der Waals surface area (Å²) < 4.78 is 11.2. The number of rotatable bonds is 17. The maximum atomic E-state index is 5.76. The second-order valence-electron chi connectivity index (χ2n) is 6.28. The van der Waals surface area contributed by atoms with Crippen LogP contribution < -0.4 is 0 Å². The van der Waals surface area contributed by atoms with Gasteiger partial charge in [-0.3, -0.25) is 0 Å². The Morgan fingerprint density at radius 3 is 2.19 bits per heavy atom. The fourth-order valence-electron chi connectivity index (χ4n) is 2.41. The lowest BCUT2D eigenvalue weighted by Crippen LogP contribution is -2.02. The van der Waals surface area contributed by atoms with Gasteiger partial charge in [-0.1, -0.05) is 109 Å². The average molecular weight is 428 g/mol. The van der Waals surface area contributed by atoms with E-state index < -0.39 is 0 Å². The Kier molecular flexibility index (Phi) is 22.1. The van der Waals surface area contributed by atoms with Crippen LogP contribution in [-0.4, -0.2) is 12.2 Å². The van der Waals surface area contributed by atoms with Crippen molar-refractivity contribution in [2.45, 2.75) is 77.4 Å². The van der Waals surface area contributed by atoms with E-state index in [-0.39, 0.29) is 12.2 Å². The van der Waals surface area contributed by atoms with Crippen LogP contribution in [0.25, 0.3) is 0 Å². The molecular weight excluding hydrogens is 389 g/mol. The predicted octanol–water partition coefficient (Wildman–Crippen LogP) is 7.87. The molecule has 5 atom stereocenters. The van der Waals surface area contributed by atoms with Crippen molar-refractivity contribution < 1.29 is 9.05 Å². The van der Waals surface area contributed by atoms with Gasteiger partial charge in [-0.2, -0.15) is 0 Å². The molecule has 0 N–H and O–H groups in total. The molecule has 0 rings (SSSR count). The lowest BCUT2D eigenvalue weighted by atomic mass is 10.1. The van der Waals surface area contributed by atoms with Gasteiger partial charge in [0.1, 0.15) is 0 Å². The largest absolute Gasteiger partial charge is 0.358 e. The summed E-state index contributed by atoms with van der Waals surface area (Å²) in [5.74, 6) is 0. The third-order valence-corrected chi connectivity index (χ3v) is 5.13. The van der Waals surface area contributed by atoms with Gasteiger partial charge in [0.15, 0.2) is 0 Å². The zero-order valence-electron chi connectivity index (χ0n) is 17.1. The maximum Gasteiger partial charge on any atom is 0.0836 e. The van der Waals surface area contributed by atoms with E-state index in [9.17, 15) is 0 Å². The molecule has 0 aromatic heterocycles. The van der Waals surface area contributed by atoms with E-state index in [1.54, 1.807) is 0 Å². The number of allylic oxidation sites excluding steroid dienone is 7. The molecular formula is C22H39O2P3. The molecule has 0 aliphatic carbocycles. The molecule has 5 heteroatoms. The molecule has 0 saturated carbocycles. The third kappa shape index (κ3) is 19.0. The van der Waals surface area contributed by atoms with Gasteiger partial charge in [0.05, 0.1) is 12.2 Å². The minimum absolute atomic E-state index is 0.127. The number of unbranched alkanes of at least 4 members (excludes halogenated alkanes) is 3. The summed E-state index contributed by atoms with van der Waals surface area (Å²) >= 11 is 0. The summed E-state index contributed by atoms with van der Waals surface area (Å²) in [7, 11) is 5.45. The summed E-state index contributed by atoms with van der Waals surface area (Å²) in [6.07, 6.45) is 30.7. The van der Waals surface area contributed by atoms with Crippen LogP contribution in [-0.2, 0) is 9.05 Å². The summed E-state index contributed by atoms with van der Waals surface area (Å²) in [5.41, 5.74) is 0. The van der Waals surface area contributed by atoms with Crippen molar-refractivity contribution in [3.8, 4) is 0 Å². The fourth-order valence-corrected chi connectivity index (χ4v) is 3.51. The summed E-state index contributed by atoms with van der Waals surface area (Å²) in [5, 5.41) is 0. The van der Waals surface area contributed by atoms with Crippen LogP contribution in [0.3, 0.4) is 0 Å². The molecule has 0 saturated heterocycles. The molecule has 2 nitrogen and oxygen atoms in total. The maximum absolute atomic E-state index is 5.76. The van der Waals surface area contributed by atoms with Gasteiger partial charge in [0, 0.05) is 18.0 Å². The predicted molar refractivity (Wildman–Crippen MR) is 131 cm³/mol. The molecule has 0 aromatic rings. The normalized spacial score (nSPS) is 15.7. The van der Waals surface area contributed by atoms with Crippen LogP contribution in [0, 0.1) is 0 Å². The molecule has 0 aromatic carbocycles. The smallest absolute Gasteiger partial charge is 0.0836 e. The quantitative estimate of drug-likeness (QED) is 0.102. The SMILES string of the molecule is CC/C=C\C/C=C\CC(\C=C/C=C/C=C/C(CCCCCC)OP)OPP. The van der Waals surface area contributed by atoms with Gasteiger partial charge >= 0.3 is 0 Å². The van der Waals surface area contributed by atoms with Crippen molar-refractivity contribution in [3.63, 3.8) is 0 Å². The molecule has 0 fully saturated rings. The van der Waals surface area contributed by atoms with E-state index >= 15 is 0 Å². The minimum Gasteiger partial charge on any atom is -0.358 e. The summed E-state index contributed by atoms with van der Waals surface area (Å²) in [6.45, 7) is 4.39. The molecule has 5 unspecified atom stereocenters. The second-order valence-corrected chi connectivity index (χ2v) is 7.73. The highest BCUT2D eigenvalue weighted by Gasteiger charge is 2.01. The van der Waals surface area contributed by atoms with Crippen molar-refractivity contribution >= 4 is 26.9 Å².